The number of carbonyl (C=O) groups excluding carboxylic acids is 2. The minimum atomic E-state index is -0.887. The summed E-state index contributed by atoms with van der Waals surface area (Å²) >= 11 is 7.22. The molecule has 0 aliphatic heterocycles. The monoisotopic (exact) mass is 582 g/mol. The third kappa shape index (κ3) is 4.62. The number of fused-ring (bicyclic) bond motifs is 2. The molecule has 0 aromatic heterocycles. The van der Waals surface area contributed by atoms with Gasteiger partial charge in [0.1, 0.15) is 0 Å². The van der Waals surface area contributed by atoms with E-state index in [1.54, 1.807) is 13.8 Å². The Bertz CT molecular complexity index is 1260. The van der Waals surface area contributed by atoms with Crippen molar-refractivity contribution in [3.8, 4) is 0 Å². The Morgan fingerprint density at radius 3 is 1.32 bits per heavy atom. The summed E-state index contributed by atoms with van der Waals surface area (Å²) in [6.45, 7) is 3.95. The second kappa shape index (κ2) is 10.7. The molecular formula is C28H24Br2O4. The molecule has 0 fully saturated rings. The highest BCUT2D eigenvalue weighted by atomic mass is 79.9. The molecule has 4 aromatic rings. The summed E-state index contributed by atoms with van der Waals surface area (Å²) in [5.74, 6) is -2.69. The first-order chi connectivity index (χ1) is 16.5. The standard InChI is InChI=1S/C28H24Br2O4/c1-3-33-27(31)25(21-13-15-23(29)19-11-7-5-9-17(19)21)26(28(32)34-4-2)22-14-16-24(30)20-12-8-6-10-18(20)22/h5-16,25-26H,3-4H2,1-2H3. The lowest BCUT2D eigenvalue weighted by Crippen LogP contribution is -2.30. The van der Waals surface area contributed by atoms with E-state index in [0.717, 1.165) is 41.6 Å². The number of carbonyl (C=O) groups is 2. The Kier molecular flexibility index (Phi) is 7.69. The Hall–Kier alpha value is -2.70. The fourth-order valence-electron chi connectivity index (χ4n) is 4.46. The summed E-state index contributed by atoms with van der Waals surface area (Å²) in [6.07, 6.45) is 0. The van der Waals surface area contributed by atoms with Crippen molar-refractivity contribution in [2.75, 3.05) is 13.2 Å². The molecule has 0 amide bonds. The lowest BCUT2D eigenvalue weighted by Gasteiger charge is -2.27. The highest BCUT2D eigenvalue weighted by Gasteiger charge is 2.40. The average Bonchev–Trinajstić information content (AvgIpc) is 2.85. The molecule has 4 aromatic carbocycles. The van der Waals surface area contributed by atoms with Gasteiger partial charge in [0.2, 0.25) is 0 Å². The third-order valence-corrected chi connectivity index (χ3v) is 7.28. The first kappa shape index (κ1) is 24.4. The van der Waals surface area contributed by atoms with Crippen molar-refractivity contribution in [3.63, 3.8) is 0 Å². The number of hydrogen-bond acceptors (Lipinski definition) is 4. The van der Waals surface area contributed by atoms with Crippen LogP contribution in [-0.4, -0.2) is 25.2 Å². The Balaban J connectivity index is 2.03. The molecule has 2 atom stereocenters. The largest absolute Gasteiger partial charge is 0.465 e. The van der Waals surface area contributed by atoms with Gasteiger partial charge in [-0.25, -0.2) is 0 Å². The van der Waals surface area contributed by atoms with E-state index in [4.69, 9.17) is 9.47 Å². The van der Waals surface area contributed by atoms with E-state index < -0.39 is 23.8 Å². The fraction of sp³-hybridized carbons (Fsp3) is 0.214. The van der Waals surface area contributed by atoms with Crippen molar-refractivity contribution < 1.29 is 19.1 Å². The van der Waals surface area contributed by atoms with E-state index in [0.29, 0.717) is 0 Å². The average molecular weight is 584 g/mol. The molecule has 34 heavy (non-hydrogen) atoms. The summed E-state index contributed by atoms with van der Waals surface area (Å²) < 4.78 is 12.9. The van der Waals surface area contributed by atoms with E-state index in [1.165, 1.54) is 0 Å². The van der Waals surface area contributed by atoms with Gasteiger partial charge in [0.05, 0.1) is 25.0 Å². The number of hydrogen-bond donors (Lipinski definition) is 0. The number of benzene rings is 4. The molecule has 4 rings (SSSR count). The molecule has 0 N–H and O–H groups in total. The normalized spacial score (nSPS) is 12.9. The molecule has 6 heteroatoms. The minimum Gasteiger partial charge on any atom is -0.465 e. The van der Waals surface area contributed by atoms with Crippen LogP contribution in [0.1, 0.15) is 36.8 Å². The number of esters is 2. The van der Waals surface area contributed by atoms with Crippen LogP contribution in [0.5, 0.6) is 0 Å². The van der Waals surface area contributed by atoms with Crippen molar-refractivity contribution in [1.82, 2.24) is 0 Å². The summed E-state index contributed by atoms with van der Waals surface area (Å²) in [7, 11) is 0. The SMILES string of the molecule is CCOC(=O)C(c1ccc(Br)c2ccccc12)C(C(=O)OCC)c1ccc(Br)c2ccccc12. The molecule has 174 valence electrons. The maximum Gasteiger partial charge on any atom is 0.314 e. The smallest absolute Gasteiger partial charge is 0.314 e. The van der Waals surface area contributed by atoms with Crippen LogP contribution in [0, 0.1) is 0 Å². The summed E-state index contributed by atoms with van der Waals surface area (Å²) in [4.78, 5) is 27.1. The molecule has 0 spiro atoms. The molecule has 0 aliphatic carbocycles. The van der Waals surface area contributed by atoms with E-state index >= 15 is 0 Å². The lowest BCUT2D eigenvalue weighted by molar-refractivity contribution is -0.153. The van der Waals surface area contributed by atoms with Crippen LogP contribution < -0.4 is 0 Å². The van der Waals surface area contributed by atoms with Gasteiger partial charge in [-0.1, -0.05) is 92.5 Å². The molecule has 0 heterocycles. The first-order valence-electron chi connectivity index (χ1n) is 11.2. The molecule has 0 aliphatic rings. The topological polar surface area (TPSA) is 52.6 Å². The van der Waals surface area contributed by atoms with Gasteiger partial charge in [-0.15, -0.1) is 0 Å². The highest BCUT2D eigenvalue weighted by molar-refractivity contribution is 9.11. The molecule has 0 bridgehead atoms. The van der Waals surface area contributed by atoms with Crippen molar-refractivity contribution in [2.45, 2.75) is 25.7 Å². The minimum absolute atomic E-state index is 0.209. The molecule has 0 saturated carbocycles. The zero-order valence-electron chi connectivity index (χ0n) is 18.9. The van der Waals surface area contributed by atoms with Crippen molar-refractivity contribution in [3.05, 3.63) is 92.9 Å². The molecule has 0 saturated heterocycles. The summed E-state index contributed by atoms with van der Waals surface area (Å²) in [6, 6.07) is 23.2. The predicted octanol–water partition coefficient (Wildman–Crippen LogP) is 7.51. The van der Waals surface area contributed by atoms with Gasteiger partial charge in [-0.05, 0) is 58.7 Å². The van der Waals surface area contributed by atoms with Crippen LogP contribution in [0.3, 0.4) is 0 Å². The summed E-state index contributed by atoms with van der Waals surface area (Å²) in [5, 5.41) is 3.67. The fourth-order valence-corrected chi connectivity index (χ4v) is 5.42. The first-order valence-corrected chi connectivity index (χ1v) is 12.7. The second-order valence-corrected chi connectivity index (χ2v) is 9.53. The quantitative estimate of drug-likeness (QED) is 0.211. The second-order valence-electron chi connectivity index (χ2n) is 7.82. The third-order valence-electron chi connectivity index (χ3n) is 5.89. The summed E-state index contributed by atoms with van der Waals surface area (Å²) in [5.41, 5.74) is 1.45. The number of halogens is 2. The van der Waals surface area contributed by atoms with Gasteiger partial charge in [-0.3, -0.25) is 9.59 Å². The lowest BCUT2D eigenvalue weighted by atomic mass is 9.78. The van der Waals surface area contributed by atoms with Gasteiger partial charge < -0.3 is 9.47 Å². The van der Waals surface area contributed by atoms with E-state index in [2.05, 4.69) is 31.9 Å². The van der Waals surface area contributed by atoms with Crippen LogP contribution >= 0.6 is 31.9 Å². The van der Waals surface area contributed by atoms with Crippen LogP contribution in [0.15, 0.2) is 81.7 Å². The van der Waals surface area contributed by atoms with Crippen LogP contribution in [0.4, 0.5) is 0 Å². The van der Waals surface area contributed by atoms with E-state index in [1.807, 2.05) is 72.8 Å². The zero-order chi connectivity index (χ0) is 24.2. The van der Waals surface area contributed by atoms with Gasteiger partial charge in [-0.2, -0.15) is 0 Å². The molecule has 2 unspecified atom stereocenters. The Labute approximate surface area is 215 Å². The Morgan fingerprint density at radius 1 is 0.618 bits per heavy atom. The Morgan fingerprint density at radius 2 is 0.971 bits per heavy atom. The van der Waals surface area contributed by atoms with Crippen molar-refractivity contribution in [1.29, 1.82) is 0 Å². The van der Waals surface area contributed by atoms with Gasteiger partial charge in [0, 0.05) is 8.95 Å². The van der Waals surface area contributed by atoms with Gasteiger partial charge in [0.15, 0.2) is 0 Å². The molecular weight excluding hydrogens is 560 g/mol. The van der Waals surface area contributed by atoms with Crippen LogP contribution in [0.2, 0.25) is 0 Å². The maximum absolute atomic E-state index is 13.5. The maximum atomic E-state index is 13.5. The van der Waals surface area contributed by atoms with Crippen molar-refractivity contribution >= 4 is 65.3 Å². The van der Waals surface area contributed by atoms with Gasteiger partial charge in [0.25, 0.3) is 0 Å². The predicted molar refractivity (Wildman–Crippen MR) is 142 cm³/mol. The molecule has 4 nitrogen and oxygen atoms in total. The van der Waals surface area contributed by atoms with E-state index in [-0.39, 0.29) is 13.2 Å². The number of rotatable bonds is 7. The van der Waals surface area contributed by atoms with Crippen molar-refractivity contribution in [2.24, 2.45) is 0 Å². The van der Waals surface area contributed by atoms with E-state index in [9.17, 15) is 9.59 Å². The van der Waals surface area contributed by atoms with Crippen LogP contribution in [-0.2, 0) is 19.1 Å². The molecule has 0 radical (unpaired) electrons. The van der Waals surface area contributed by atoms with Gasteiger partial charge >= 0.3 is 11.9 Å². The number of ether oxygens (including phenoxy) is 2. The van der Waals surface area contributed by atoms with Crippen LogP contribution in [0.25, 0.3) is 21.5 Å². The zero-order valence-corrected chi connectivity index (χ0v) is 22.1. The highest BCUT2D eigenvalue weighted by Crippen LogP contribution is 2.43.